The highest BCUT2D eigenvalue weighted by atomic mass is 32.1. The van der Waals surface area contributed by atoms with Crippen molar-refractivity contribution >= 4 is 17.3 Å². The number of esters is 1. The van der Waals surface area contributed by atoms with E-state index in [1.807, 2.05) is 60.8 Å². The van der Waals surface area contributed by atoms with E-state index in [-0.39, 0.29) is 25.6 Å². The summed E-state index contributed by atoms with van der Waals surface area (Å²) in [5, 5.41) is 2.76. The van der Waals surface area contributed by atoms with Crippen LogP contribution in [0.1, 0.15) is 19.0 Å². The second-order valence-electron chi connectivity index (χ2n) is 6.04. The van der Waals surface area contributed by atoms with Crippen molar-refractivity contribution in [3.05, 3.63) is 59.6 Å². The quantitative estimate of drug-likeness (QED) is 0.448. The first-order valence-corrected chi connectivity index (χ1v) is 10.2. The molecule has 3 aromatic rings. The van der Waals surface area contributed by atoms with Gasteiger partial charge in [0.2, 0.25) is 0 Å². The molecule has 3 rings (SSSR count). The minimum absolute atomic E-state index is 0.147. The number of carbonyl (C=O) groups excluding carboxylic acids is 1. The molecular formula is C22H23NO5S. The average Bonchev–Trinajstić information content (AvgIpc) is 3.23. The van der Waals surface area contributed by atoms with Crippen LogP contribution in [0.25, 0.3) is 10.6 Å². The van der Waals surface area contributed by atoms with Crippen LogP contribution in [-0.2, 0) is 16.1 Å². The highest BCUT2D eigenvalue weighted by molar-refractivity contribution is 7.13. The van der Waals surface area contributed by atoms with Crippen molar-refractivity contribution in [2.24, 2.45) is 0 Å². The summed E-state index contributed by atoms with van der Waals surface area (Å²) in [6.45, 7) is 2.95. The van der Waals surface area contributed by atoms with E-state index < -0.39 is 0 Å². The number of benzene rings is 2. The fourth-order valence-corrected chi connectivity index (χ4v) is 3.33. The Bertz CT molecular complexity index is 906. The van der Waals surface area contributed by atoms with E-state index in [0.29, 0.717) is 12.4 Å². The molecule has 0 spiro atoms. The van der Waals surface area contributed by atoms with Gasteiger partial charge in [-0.05, 0) is 55.5 Å². The molecule has 29 heavy (non-hydrogen) atoms. The zero-order chi connectivity index (χ0) is 20.5. The number of nitrogens with zero attached hydrogens (tertiary/aromatic N) is 1. The Morgan fingerprint density at radius 3 is 2.28 bits per heavy atom. The Labute approximate surface area is 174 Å². The third-order valence-corrected chi connectivity index (χ3v) is 4.92. The first kappa shape index (κ1) is 20.7. The number of carbonyl (C=O) groups is 1. The molecule has 0 N–H and O–H groups in total. The molecule has 1 heterocycles. The summed E-state index contributed by atoms with van der Waals surface area (Å²) in [5.41, 5.74) is 1.72. The summed E-state index contributed by atoms with van der Waals surface area (Å²) in [6, 6.07) is 15.0. The molecule has 0 aliphatic heterocycles. The third-order valence-electron chi connectivity index (χ3n) is 3.98. The summed E-state index contributed by atoms with van der Waals surface area (Å²) in [5.74, 6) is 1.95. The first-order chi connectivity index (χ1) is 14.2. The van der Waals surface area contributed by atoms with Crippen LogP contribution < -0.4 is 14.2 Å². The van der Waals surface area contributed by atoms with E-state index in [1.165, 1.54) is 11.3 Å². The van der Waals surface area contributed by atoms with Gasteiger partial charge in [-0.15, -0.1) is 11.3 Å². The molecule has 0 amide bonds. The largest absolute Gasteiger partial charge is 0.497 e. The normalized spacial score (nSPS) is 10.4. The van der Waals surface area contributed by atoms with Crippen molar-refractivity contribution in [1.82, 2.24) is 4.98 Å². The van der Waals surface area contributed by atoms with Gasteiger partial charge in [-0.1, -0.05) is 0 Å². The number of hydrogen-bond donors (Lipinski definition) is 0. The SMILES string of the molecule is CCOc1ccc(OCCC(=O)OCc2csc(-c3ccc(OC)cc3)n2)cc1. The molecule has 0 saturated carbocycles. The summed E-state index contributed by atoms with van der Waals surface area (Å²) in [7, 11) is 1.63. The lowest BCUT2D eigenvalue weighted by Crippen LogP contribution is -2.10. The van der Waals surface area contributed by atoms with Crippen LogP contribution in [0.3, 0.4) is 0 Å². The number of methoxy groups -OCH3 is 1. The molecule has 0 fully saturated rings. The fraction of sp³-hybridized carbons (Fsp3) is 0.273. The minimum Gasteiger partial charge on any atom is -0.497 e. The van der Waals surface area contributed by atoms with Gasteiger partial charge in [-0.25, -0.2) is 4.98 Å². The van der Waals surface area contributed by atoms with Crippen molar-refractivity contribution < 1.29 is 23.7 Å². The molecule has 6 nitrogen and oxygen atoms in total. The minimum atomic E-state index is -0.324. The van der Waals surface area contributed by atoms with E-state index >= 15 is 0 Å². The zero-order valence-electron chi connectivity index (χ0n) is 16.4. The van der Waals surface area contributed by atoms with Crippen LogP contribution in [0.5, 0.6) is 17.2 Å². The van der Waals surface area contributed by atoms with Gasteiger partial charge < -0.3 is 18.9 Å². The van der Waals surface area contributed by atoms with Crippen LogP contribution in [0, 0.1) is 0 Å². The van der Waals surface area contributed by atoms with Gasteiger partial charge in [0.1, 0.15) is 28.9 Å². The lowest BCUT2D eigenvalue weighted by Gasteiger charge is -2.07. The van der Waals surface area contributed by atoms with E-state index in [1.54, 1.807) is 7.11 Å². The van der Waals surface area contributed by atoms with Crippen LogP contribution in [0.4, 0.5) is 0 Å². The van der Waals surface area contributed by atoms with Crippen molar-refractivity contribution in [2.45, 2.75) is 20.0 Å². The maximum Gasteiger partial charge on any atom is 0.309 e. The van der Waals surface area contributed by atoms with Gasteiger partial charge in [0.15, 0.2) is 0 Å². The lowest BCUT2D eigenvalue weighted by atomic mass is 10.2. The second kappa shape index (κ2) is 10.5. The Hall–Kier alpha value is -3.06. The third kappa shape index (κ3) is 6.22. The maximum atomic E-state index is 11.9. The summed E-state index contributed by atoms with van der Waals surface area (Å²) in [4.78, 5) is 16.4. The average molecular weight is 413 g/mol. The first-order valence-electron chi connectivity index (χ1n) is 9.28. The van der Waals surface area contributed by atoms with Crippen LogP contribution in [0.2, 0.25) is 0 Å². The molecule has 0 radical (unpaired) electrons. The number of aromatic nitrogens is 1. The molecular weight excluding hydrogens is 390 g/mol. The standard InChI is InChI=1S/C22H23NO5S/c1-3-26-19-8-10-20(11-9-19)27-13-12-21(24)28-14-17-15-29-22(23-17)16-4-6-18(25-2)7-5-16/h4-11,15H,3,12-14H2,1-2H3. The monoisotopic (exact) mass is 413 g/mol. The smallest absolute Gasteiger partial charge is 0.309 e. The molecule has 0 aliphatic carbocycles. The van der Waals surface area contributed by atoms with Crippen molar-refractivity contribution in [3.8, 4) is 27.8 Å². The van der Waals surface area contributed by atoms with Crippen molar-refractivity contribution in [1.29, 1.82) is 0 Å². The van der Waals surface area contributed by atoms with Gasteiger partial charge in [0.05, 0.1) is 32.4 Å². The van der Waals surface area contributed by atoms with E-state index in [0.717, 1.165) is 27.8 Å². The van der Waals surface area contributed by atoms with E-state index in [9.17, 15) is 4.79 Å². The zero-order valence-corrected chi connectivity index (χ0v) is 17.2. The van der Waals surface area contributed by atoms with Crippen LogP contribution >= 0.6 is 11.3 Å². The molecule has 0 aliphatic rings. The fourth-order valence-electron chi connectivity index (χ4n) is 2.52. The topological polar surface area (TPSA) is 66.9 Å². The highest BCUT2D eigenvalue weighted by Crippen LogP contribution is 2.26. The molecule has 0 saturated heterocycles. The summed E-state index contributed by atoms with van der Waals surface area (Å²) < 4.78 is 21.4. The van der Waals surface area contributed by atoms with Crippen LogP contribution in [-0.4, -0.2) is 31.3 Å². The van der Waals surface area contributed by atoms with Gasteiger partial charge in [-0.2, -0.15) is 0 Å². The Morgan fingerprint density at radius 2 is 1.62 bits per heavy atom. The molecule has 2 aromatic carbocycles. The number of hydrogen-bond acceptors (Lipinski definition) is 7. The molecule has 0 atom stereocenters. The van der Waals surface area contributed by atoms with E-state index in [2.05, 4.69) is 4.98 Å². The lowest BCUT2D eigenvalue weighted by molar-refractivity contribution is -0.145. The van der Waals surface area contributed by atoms with Crippen molar-refractivity contribution in [2.75, 3.05) is 20.3 Å². The molecule has 7 heteroatoms. The van der Waals surface area contributed by atoms with Crippen LogP contribution in [0.15, 0.2) is 53.9 Å². The Balaban J connectivity index is 1.40. The van der Waals surface area contributed by atoms with Gasteiger partial charge in [0.25, 0.3) is 0 Å². The maximum absolute atomic E-state index is 11.9. The van der Waals surface area contributed by atoms with Gasteiger partial charge in [0, 0.05) is 10.9 Å². The molecule has 0 bridgehead atoms. The van der Waals surface area contributed by atoms with Gasteiger partial charge in [-0.3, -0.25) is 4.79 Å². The predicted molar refractivity (Wildman–Crippen MR) is 112 cm³/mol. The number of thiazole rings is 1. The van der Waals surface area contributed by atoms with Gasteiger partial charge >= 0.3 is 5.97 Å². The molecule has 152 valence electrons. The summed E-state index contributed by atoms with van der Waals surface area (Å²) >= 11 is 1.51. The number of rotatable bonds is 10. The molecule has 0 unspecified atom stereocenters. The summed E-state index contributed by atoms with van der Waals surface area (Å²) in [6.07, 6.45) is 0.169. The predicted octanol–water partition coefficient (Wildman–Crippen LogP) is 4.73. The molecule has 1 aromatic heterocycles. The Morgan fingerprint density at radius 1 is 0.966 bits per heavy atom. The second-order valence-corrected chi connectivity index (χ2v) is 6.89. The number of ether oxygens (including phenoxy) is 4. The van der Waals surface area contributed by atoms with Crippen molar-refractivity contribution in [3.63, 3.8) is 0 Å². The highest BCUT2D eigenvalue weighted by Gasteiger charge is 2.09. The Kier molecular flexibility index (Phi) is 7.47. The van der Waals surface area contributed by atoms with E-state index in [4.69, 9.17) is 18.9 Å².